The van der Waals surface area contributed by atoms with E-state index in [2.05, 4.69) is 6.92 Å². The molecule has 0 spiro atoms. The second kappa shape index (κ2) is 13.6. The number of rotatable bonds is 13. The molecule has 0 atom stereocenters. The molecule has 0 rings (SSSR count). The fourth-order valence-corrected chi connectivity index (χ4v) is 1.21. The van der Waals surface area contributed by atoms with Crippen molar-refractivity contribution in [2.24, 2.45) is 0 Å². The zero-order chi connectivity index (χ0) is 12.8. The predicted octanol–water partition coefficient (Wildman–Crippen LogP) is 2.21. The molecule has 0 fully saturated rings. The molecule has 0 aliphatic heterocycles. The number of hydrogen-bond acceptors (Lipinski definition) is 4. The summed E-state index contributed by atoms with van der Waals surface area (Å²) in [5.41, 5.74) is 0. The molecular weight excluding hydrogens is 220 g/mol. The van der Waals surface area contributed by atoms with E-state index in [1.807, 2.05) is 0 Å². The Labute approximate surface area is 105 Å². The molecule has 0 aliphatic carbocycles. The topological polar surface area (TPSA) is 44.8 Å². The minimum absolute atomic E-state index is 0.217. The number of hydrogen-bond donors (Lipinski definition) is 0. The van der Waals surface area contributed by atoms with Crippen LogP contribution in [0.2, 0.25) is 0 Å². The van der Waals surface area contributed by atoms with Crippen molar-refractivity contribution in [1.29, 1.82) is 0 Å². The van der Waals surface area contributed by atoms with Gasteiger partial charge in [0, 0.05) is 19.6 Å². The summed E-state index contributed by atoms with van der Waals surface area (Å²) in [6.45, 7) is 7.66. The molecule has 0 aromatic carbocycles. The van der Waals surface area contributed by atoms with E-state index >= 15 is 0 Å². The van der Waals surface area contributed by atoms with Crippen LogP contribution in [-0.2, 0) is 19.0 Å². The quantitative estimate of drug-likeness (QED) is 0.467. The third kappa shape index (κ3) is 15.5. The Hall–Kier alpha value is -0.450. The SMILES string of the molecule is CCCCOCCOCCOCCCC(C)=O. The summed E-state index contributed by atoms with van der Waals surface area (Å²) < 4.78 is 16.0. The minimum Gasteiger partial charge on any atom is -0.379 e. The molecule has 0 aromatic heterocycles. The molecule has 0 aliphatic rings. The molecule has 0 saturated heterocycles. The van der Waals surface area contributed by atoms with Crippen LogP contribution in [0.15, 0.2) is 0 Å². The van der Waals surface area contributed by atoms with Crippen molar-refractivity contribution in [2.45, 2.75) is 39.5 Å². The minimum atomic E-state index is 0.217. The normalized spacial score (nSPS) is 10.7. The van der Waals surface area contributed by atoms with E-state index in [1.54, 1.807) is 6.92 Å². The van der Waals surface area contributed by atoms with Crippen molar-refractivity contribution < 1.29 is 19.0 Å². The molecule has 0 saturated carbocycles. The monoisotopic (exact) mass is 246 g/mol. The smallest absolute Gasteiger partial charge is 0.129 e. The molecule has 0 aromatic rings. The van der Waals surface area contributed by atoms with E-state index in [9.17, 15) is 4.79 Å². The van der Waals surface area contributed by atoms with Gasteiger partial charge in [-0.15, -0.1) is 0 Å². The van der Waals surface area contributed by atoms with Gasteiger partial charge in [-0.25, -0.2) is 0 Å². The second-order valence-electron chi connectivity index (χ2n) is 4.00. The van der Waals surface area contributed by atoms with Crippen LogP contribution >= 0.6 is 0 Å². The molecule has 4 nitrogen and oxygen atoms in total. The van der Waals surface area contributed by atoms with Gasteiger partial charge in [0.25, 0.3) is 0 Å². The first-order chi connectivity index (χ1) is 8.27. The highest BCUT2D eigenvalue weighted by Gasteiger charge is 1.94. The lowest BCUT2D eigenvalue weighted by Crippen LogP contribution is -2.10. The Kier molecular flexibility index (Phi) is 13.3. The molecule has 4 heteroatoms. The van der Waals surface area contributed by atoms with Gasteiger partial charge in [0.05, 0.1) is 26.4 Å². The van der Waals surface area contributed by atoms with Gasteiger partial charge in [0.15, 0.2) is 0 Å². The fraction of sp³-hybridized carbons (Fsp3) is 0.923. The number of unbranched alkanes of at least 4 members (excludes halogenated alkanes) is 1. The van der Waals surface area contributed by atoms with Gasteiger partial charge in [-0.2, -0.15) is 0 Å². The molecule has 0 bridgehead atoms. The van der Waals surface area contributed by atoms with Crippen LogP contribution in [0.4, 0.5) is 0 Å². The van der Waals surface area contributed by atoms with Crippen molar-refractivity contribution in [3.63, 3.8) is 0 Å². The van der Waals surface area contributed by atoms with Gasteiger partial charge in [-0.05, 0) is 19.8 Å². The third-order valence-corrected chi connectivity index (χ3v) is 2.20. The van der Waals surface area contributed by atoms with Crippen LogP contribution in [-0.4, -0.2) is 45.4 Å². The average molecular weight is 246 g/mol. The van der Waals surface area contributed by atoms with Crippen molar-refractivity contribution in [1.82, 2.24) is 0 Å². The summed E-state index contributed by atoms with van der Waals surface area (Å²) in [7, 11) is 0. The maximum atomic E-state index is 10.6. The van der Waals surface area contributed by atoms with Crippen LogP contribution < -0.4 is 0 Å². The molecule has 0 amide bonds. The van der Waals surface area contributed by atoms with E-state index in [1.165, 1.54) is 0 Å². The number of ether oxygens (including phenoxy) is 3. The maximum Gasteiger partial charge on any atom is 0.129 e. The summed E-state index contributed by atoms with van der Waals surface area (Å²) in [4.78, 5) is 10.6. The first-order valence-electron chi connectivity index (χ1n) is 6.50. The second-order valence-corrected chi connectivity index (χ2v) is 4.00. The Balaban J connectivity index is 2.91. The summed E-state index contributed by atoms with van der Waals surface area (Å²) in [6.07, 6.45) is 3.68. The highest BCUT2D eigenvalue weighted by Crippen LogP contribution is 1.91. The third-order valence-electron chi connectivity index (χ3n) is 2.20. The van der Waals surface area contributed by atoms with Gasteiger partial charge >= 0.3 is 0 Å². The number of carbonyl (C=O) groups is 1. The lowest BCUT2D eigenvalue weighted by molar-refractivity contribution is -0.117. The van der Waals surface area contributed by atoms with Crippen molar-refractivity contribution in [3.8, 4) is 0 Å². The summed E-state index contributed by atoms with van der Waals surface area (Å²) in [5.74, 6) is 0.217. The molecule has 102 valence electrons. The molecular formula is C13H26O4. The van der Waals surface area contributed by atoms with Gasteiger partial charge in [0.2, 0.25) is 0 Å². The van der Waals surface area contributed by atoms with Crippen LogP contribution in [0.3, 0.4) is 0 Å². The molecule has 0 N–H and O–H groups in total. The molecule has 0 heterocycles. The Morgan fingerprint density at radius 3 is 1.76 bits per heavy atom. The number of ketones is 1. The standard InChI is InChI=1S/C13H26O4/c1-3-4-7-15-9-11-17-12-10-16-8-5-6-13(2)14/h3-12H2,1-2H3. The van der Waals surface area contributed by atoms with E-state index in [4.69, 9.17) is 14.2 Å². The number of Topliss-reactive ketones (excluding diaryl/α,β-unsaturated/α-hetero) is 1. The summed E-state index contributed by atoms with van der Waals surface area (Å²) in [6, 6.07) is 0. The lowest BCUT2D eigenvalue weighted by Gasteiger charge is -2.06. The lowest BCUT2D eigenvalue weighted by atomic mass is 10.2. The zero-order valence-corrected chi connectivity index (χ0v) is 11.2. The average Bonchev–Trinajstić information content (AvgIpc) is 2.30. The van der Waals surface area contributed by atoms with E-state index < -0.39 is 0 Å². The van der Waals surface area contributed by atoms with Gasteiger partial charge in [0.1, 0.15) is 5.78 Å². The Morgan fingerprint density at radius 1 is 0.824 bits per heavy atom. The Morgan fingerprint density at radius 2 is 1.29 bits per heavy atom. The van der Waals surface area contributed by atoms with E-state index in [-0.39, 0.29) is 5.78 Å². The van der Waals surface area contributed by atoms with Crippen molar-refractivity contribution in [2.75, 3.05) is 39.6 Å². The molecule has 0 unspecified atom stereocenters. The van der Waals surface area contributed by atoms with Gasteiger partial charge < -0.3 is 19.0 Å². The predicted molar refractivity (Wildman–Crippen MR) is 67.3 cm³/mol. The van der Waals surface area contributed by atoms with Gasteiger partial charge in [-0.3, -0.25) is 0 Å². The highest BCUT2D eigenvalue weighted by molar-refractivity contribution is 5.75. The summed E-state index contributed by atoms with van der Waals surface area (Å²) in [5, 5.41) is 0. The number of carbonyl (C=O) groups excluding carboxylic acids is 1. The van der Waals surface area contributed by atoms with Crippen LogP contribution in [0.1, 0.15) is 39.5 Å². The van der Waals surface area contributed by atoms with Crippen molar-refractivity contribution in [3.05, 3.63) is 0 Å². The zero-order valence-electron chi connectivity index (χ0n) is 11.2. The fourth-order valence-electron chi connectivity index (χ4n) is 1.21. The largest absolute Gasteiger partial charge is 0.379 e. The van der Waals surface area contributed by atoms with Gasteiger partial charge in [-0.1, -0.05) is 13.3 Å². The van der Waals surface area contributed by atoms with Crippen LogP contribution in [0.5, 0.6) is 0 Å². The van der Waals surface area contributed by atoms with E-state index in [0.717, 1.165) is 25.9 Å². The first-order valence-corrected chi connectivity index (χ1v) is 6.50. The van der Waals surface area contributed by atoms with Crippen LogP contribution in [0.25, 0.3) is 0 Å². The first kappa shape index (κ1) is 16.6. The summed E-state index contributed by atoms with van der Waals surface area (Å²) >= 11 is 0. The molecule has 17 heavy (non-hydrogen) atoms. The highest BCUT2D eigenvalue weighted by atomic mass is 16.5. The Bertz CT molecular complexity index is 171. The molecule has 0 radical (unpaired) electrons. The van der Waals surface area contributed by atoms with Crippen LogP contribution in [0, 0.1) is 0 Å². The van der Waals surface area contributed by atoms with Crippen molar-refractivity contribution >= 4 is 5.78 Å². The maximum absolute atomic E-state index is 10.6. The van der Waals surface area contributed by atoms with E-state index in [0.29, 0.717) is 39.5 Å².